The van der Waals surface area contributed by atoms with Gasteiger partial charge >= 0.3 is 0 Å². The van der Waals surface area contributed by atoms with Crippen molar-refractivity contribution in [1.29, 1.82) is 0 Å². The normalized spacial score (nSPS) is 12.5. The Bertz CT molecular complexity index is 1680. The molecule has 0 saturated heterocycles. The number of carbonyl (C=O) groups is 3. The monoisotopic (exact) mass is 526 g/mol. The number of anilines is 1. The van der Waals surface area contributed by atoms with E-state index in [0.717, 1.165) is 10.9 Å². The van der Waals surface area contributed by atoms with E-state index in [1.54, 1.807) is 53.4 Å². The van der Waals surface area contributed by atoms with Crippen LogP contribution >= 0.6 is 0 Å². The third-order valence-electron chi connectivity index (χ3n) is 7.07. The minimum Gasteiger partial charge on any atom is -0.457 e. The smallest absolute Gasteiger partial charge is 0.261 e. The summed E-state index contributed by atoms with van der Waals surface area (Å²) < 4.78 is 5.91. The van der Waals surface area contributed by atoms with Crippen LogP contribution in [0.25, 0.3) is 10.8 Å². The van der Waals surface area contributed by atoms with E-state index in [1.807, 2.05) is 73.7 Å². The molecule has 1 heterocycles. The first-order chi connectivity index (χ1) is 19.5. The molecule has 0 aliphatic carbocycles. The predicted octanol–water partition coefficient (Wildman–Crippen LogP) is 6.88. The highest BCUT2D eigenvalue weighted by atomic mass is 16.5. The van der Waals surface area contributed by atoms with Gasteiger partial charge in [0.25, 0.3) is 17.7 Å². The van der Waals surface area contributed by atoms with E-state index in [4.69, 9.17) is 4.74 Å². The lowest BCUT2D eigenvalue weighted by molar-refractivity contribution is 0.0611. The zero-order chi connectivity index (χ0) is 27.6. The van der Waals surface area contributed by atoms with Crippen molar-refractivity contribution in [2.75, 3.05) is 18.0 Å². The molecule has 5 aromatic carbocycles. The van der Waals surface area contributed by atoms with E-state index >= 15 is 0 Å². The van der Waals surface area contributed by atoms with E-state index in [9.17, 15) is 14.4 Å². The molecule has 0 saturated carbocycles. The van der Waals surface area contributed by atoms with Gasteiger partial charge in [0.05, 0.1) is 0 Å². The molecular weight excluding hydrogens is 500 g/mol. The molecule has 40 heavy (non-hydrogen) atoms. The number of aryl methyl sites for hydroxylation is 1. The zero-order valence-electron chi connectivity index (χ0n) is 21.9. The second kappa shape index (κ2) is 10.5. The fourth-order valence-corrected chi connectivity index (χ4v) is 5.00. The Labute approximate surface area is 232 Å². The molecule has 0 radical (unpaired) electrons. The van der Waals surface area contributed by atoms with Crippen LogP contribution in [0.4, 0.5) is 5.69 Å². The predicted molar refractivity (Wildman–Crippen MR) is 155 cm³/mol. The SMILES string of the molecule is Cc1ccc(C(=O)N(CCN2C(=O)c3cccc4cccc(c34)C2=O)c2ccc(Oc3ccccc3)cc2)cc1. The average Bonchev–Trinajstić information content (AvgIpc) is 2.99. The largest absolute Gasteiger partial charge is 0.457 e. The van der Waals surface area contributed by atoms with Gasteiger partial charge in [-0.1, -0.05) is 60.2 Å². The molecule has 6 rings (SSSR count). The Morgan fingerprint density at radius 1 is 0.700 bits per heavy atom. The summed E-state index contributed by atoms with van der Waals surface area (Å²) in [5.41, 5.74) is 3.17. The lowest BCUT2D eigenvalue weighted by Crippen LogP contribution is -2.46. The molecule has 6 nitrogen and oxygen atoms in total. The molecule has 1 aliphatic heterocycles. The third kappa shape index (κ3) is 4.71. The van der Waals surface area contributed by atoms with Crippen LogP contribution in [0.1, 0.15) is 36.6 Å². The average molecular weight is 527 g/mol. The standard InChI is InChI=1S/C34H26N2O4/c1-23-13-15-25(16-14-23)32(37)35(26-17-19-28(20-18-26)40-27-9-3-2-4-10-27)21-22-36-33(38)29-11-5-7-24-8-6-12-30(31(24)29)34(36)39/h2-20H,21-22H2,1H3. The van der Waals surface area contributed by atoms with Gasteiger partial charge in [-0.2, -0.15) is 0 Å². The highest BCUT2D eigenvalue weighted by molar-refractivity contribution is 6.25. The number of hydrogen-bond donors (Lipinski definition) is 0. The number of hydrogen-bond acceptors (Lipinski definition) is 4. The van der Waals surface area contributed by atoms with Crippen molar-refractivity contribution in [1.82, 2.24) is 4.90 Å². The molecule has 0 bridgehead atoms. The molecule has 0 N–H and O–H groups in total. The number of benzene rings is 5. The van der Waals surface area contributed by atoms with Crippen molar-refractivity contribution in [3.8, 4) is 11.5 Å². The summed E-state index contributed by atoms with van der Waals surface area (Å²) in [6.07, 6.45) is 0. The van der Waals surface area contributed by atoms with Gasteiger partial charge in [-0.3, -0.25) is 19.3 Å². The third-order valence-corrected chi connectivity index (χ3v) is 7.07. The van der Waals surface area contributed by atoms with E-state index in [2.05, 4.69) is 0 Å². The first-order valence-electron chi connectivity index (χ1n) is 13.1. The van der Waals surface area contributed by atoms with Gasteiger partial charge in [0.1, 0.15) is 11.5 Å². The minimum atomic E-state index is -0.358. The van der Waals surface area contributed by atoms with Gasteiger partial charge in [0.2, 0.25) is 0 Å². The van der Waals surface area contributed by atoms with Crippen LogP contribution in [0.15, 0.2) is 115 Å². The minimum absolute atomic E-state index is 0.0439. The summed E-state index contributed by atoms with van der Waals surface area (Å²) in [7, 11) is 0. The highest BCUT2D eigenvalue weighted by Crippen LogP contribution is 2.30. The first-order valence-corrected chi connectivity index (χ1v) is 13.1. The second-order valence-corrected chi connectivity index (χ2v) is 9.70. The number of nitrogens with zero attached hydrogens (tertiary/aromatic N) is 2. The van der Waals surface area contributed by atoms with Crippen LogP contribution in [0.5, 0.6) is 11.5 Å². The highest BCUT2D eigenvalue weighted by Gasteiger charge is 2.33. The van der Waals surface area contributed by atoms with Crippen LogP contribution < -0.4 is 9.64 Å². The summed E-state index contributed by atoms with van der Waals surface area (Å²) in [4.78, 5) is 43.4. The van der Waals surface area contributed by atoms with Gasteiger partial charge in [-0.15, -0.1) is 0 Å². The molecule has 3 amide bonds. The Morgan fingerprint density at radius 2 is 1.30 bits per heavy atom. The number of imide groups is 1. The van der Waals surface area contributed by atoms with E-state index in [-0.39, 0.29) is 30.8 Å². The molecule has 0 unspecified atom stereocenters. The summed E-state index contributed by atoms with van der Waals surface area (Å²) in [6, 6.07) is 34.9. The van der Waals surface area contributed by atoms with Crippen molar-refractivity contribution >= 4 is 34.2 Å². The summed E-state index contributed by atoms with van der Waals surface area (Å²) >= 11 is 0. The number of rotatable bonds is 7. The second-order valence-electron chi connectivity index (χ2n) is 9.70. The quantitative estimate of drug-likeness (QED) is 0.217. The van der Waals surface area contributed by atoms with Gasteiger partial charge in [-0.05, 0) is 73.0 Å². The number of amides is 3. The Morgan fingerprint density at radius 3 is 1.93 bits per heavy atom. The van der Waals surface area contributed by atoms with Gasteiger partial charge in [0, 0.05) is 40.9 Å². The molecule has 0 fully saturated rings. The topological polar surface area (TPSA) is 66.9 Å². The van der Waals surface area contributed by atoms with Crippen LogP contribution in [-0.4, -0.2) is 35.7 Å². The number of ether oxygens (including phenoxy) is 1. The van der Waals surface area contributed by atoms with Crippen LogP contribution in [0, 0.1) is 6.92 Å². The van der Waals surface area contributed by atoms with E-state index in [0.29, 0.717) is 39.3 Å². The molecule has 5 aromatic rings. The van der Waals surface area contributed by atoms with Crippen LogP contribution in [0.2, 0.25) is 0 Å². The molecule has 0 aromatic heterocycles. The molecule has 196 valence electrons. The Balaban J connectivity index is 1.29. The fraction of sp³-hybridized carbons (Fsp3) is 0.0882. The molecule has 1 aliphatic rings. The maximum absolute atomic E-state index is 13.7. The molecular formula is C34H26N2O4. The van der Waals surface area contributed by atoms with Gasteiger partial charge < -0.3 is 9.64 Å². The van der Waals surface area contributed by atoms with Crippen molar-refractivity contribution < 1.29 is 19.1 Å². The Hall–Kier alpha value is -5.23. The van der Waals surface area contributed by atoms with Gasteiger partial charge in [-0.25, -0.2) is 0 Å². The van der Waals surface area contributed by atoms with Crippen LogP contribution in [-0.2, 0) is 0 Å². The van der Waals surface area contributed by atoms with E-state index < -0.39 is 0 Å². The molecule has 6 heteroatoms. The van der Waals surface area contributed by atoms with Crippen molar-refractivity contribution in [2.45, 2.75) is 6.92 Å². The lowest BCUT2D eigenvalue weighted by Gasteiger charge is -2.30. The molecule has 0 atom stereocenters. The maximum Gasteiger partial charge on any atom is 0.261 e. The number of carbonyl (C=O) groups excluding carboxylic acids is 3. The van der Waals surface area contributed by atoms with Crippen molar-refractivity contribution in [2.24, 2.45) is 0 Å². The van der Waals surface area contributed by atoms with Crippen molar-refractivity contribution in [3.05, 3.63) is 138 Å². The maximum atomic E-state index is 13.7. The Kier molecular flexibility index (Phi) is 6.58. The summed E-state index contributed by atoms with van der Waals surface area (Å²) in [5, 5.41) is 1.53. The first kappa shape index (κ1) is 25.1. The number of para-hydroxylation sites is 1. The summed E-state index contributed by atoms with van der Waals surface area (Å²) in [6.45, 7) is 2.13. The van der Waals surface area contributed by atoms with Crippen molar-refractivity contribution in [3.63, 3.8) is 0 Å². The van der Waals surface area contributed by atoms with Crippen LogP contribution in [0.3, 0.4) is 0 Å². The van der Waals surface area contributed by atoms with E-state index in [1.165, 1.54) is 4.90 Å². The zero-order valence-corrected chi connectivity index (χ0v) is 21.9. The fourth-order valence-electron chi connectivity index (χ4n) is 5.00. The lowest BCUT2D eigenvalue weighted by atomic mass is 9.94. The van der Waals surface area contributed by atoms with Gasteiger partial charge in [0.15, 0.2) is 0 Å². The summed E-state index contributed by atoms with van der Waals surface area (Å²) in [5.74, 6) is 0.396. The molecule has 0 spiro atoms.